The van der Waals surface area contributed by atoms with E-state index in [1.54, 1.807) is 0 Å². The number of hydrogen-bond donors (Lipinski definition) is 4. The normalized spacial score (nSPS) is 12.9. The number of amides is 1. The minimum absolute atomic E-state index is 0.309. The number of hydrazine groups is 1. The van der Waals surface area contributed by atoms with Crippen molar-refractivity contribution < 1.29 is 4.79 Å². The molecule has 8 heavy (non-hydrogen) atoms. The maximum atomic E-state index is 10.3. The molecule has 5 heteroatoms. The molecule has 1 atom stereocenters. The average molecular weight is 135 g/mol. The highest BCUT2D eigenvalue weighted by molar-refractivity contribution is 7.80. The van der Waals surface area contributed by atoms with Gasteiger partial charge in [-0.2, -0.15) is 12.6 Å². The maximum absolute atomic E-state index is 10.3. The molecule has 0 saturated carbocycles. The van der Waals surface area contributed by atoms with Crippen molar-refractivity contribution in [3.8, 4) is 0 Å². The highest BCUT2D eigenvalue weighted by atomic mass is 32.1. The van der Waals surface area contributed by atoms with E-state index in [4.69, 9.17) is 11.6 Å². The fourth-order valence-corrected chi connectivity index (χ4v) is 0.356. The van der Waals surface area contributed by atoms with Gasteiger partial charge >= 0.3 is 0 Å². The number of nitrogens with two attached hydrogens (primary N) is 2. The zero-order chi connectivity index (χ0) is 6.57. The molecular formula is C3H9N3OS. The second kappa shape index (κ2) is 3.71. The zero-order valence-corrected chi connectivity index (χ0v) is 5.19. The molecule has 0 spiro atoms. The second-order valence-electron chi connectivity index (χ2n) is 1.30. The van der Waals surface area contributed by atoms with Crippen LogP contribution in [-0.4, -0.2) is 17.7 Å². The standard InChI is InChI=1S/C3H9N3OS/c4-2(1-8)3(7)6-5/h2,8H,1,4-5H2,(H,6,7). The van der Waals surface area contributed by atoms with Crippen molar-refractivity contribution in [3.05, 3.63) is 0 Å². The van der Waals surface area contributed by atoms with Gasteiger partial charge in [0.05, 0.1) is 6.04 Å². The fourth-order valence-electron chi connectivity index (χ4n) is 0.190. The molecule has 0 saturated heterocycles. The molecule has 0 aromatic heterocycles. The van der Waals surface area contributed by atoms with Gasteiger partial charge in [0, 0.05) is 5.75 Å². The van der Waals surface area contributed by atoms with E-state index in [0.717, 1.165) is 0 Å². The quantitative estimate of drug-likeness (QED) is 0.157. The molecule has 0 aliphatic carbocycles. The molecule has 0 radical (unpaired) electrons. The van der Waals surface area contributed by atoms with Gasteiger partial charge in [-0.25, -0.2) is 5.84 Å². The van der Waals surface area contributed by atoms with Crippen molar-refractivity contribution in [2.24, 2.45) is 11.6 Å². The predicted molar refractivity (Wildman–Crippen MR) is 34.2 cm³/mol. The highest BCUT2D eigenvalue weighted by Gasteiger charge is 2.07. The molecule has 48 valence electrons. The molecule has 0 bridgehead atoms. The largest absolute Gasteiger partial charge is 0.319 e. The van der Waals surface area contributed by atoms with Gasteiger partial charge < -0.3 is 5.73 Å². The number of rotatable bonds is 2. The van der Waals surface area contributed by atoms with Crippen LogP contribution in [0.15, 0.2) is 0 Å². The minimum Gasteiger partial charge on any atom is -0.319 e. The van der Waals surface area contributed by atoms with Gasteiger partial charge in [0.25, 0.3) is 5.91 Å². The second-order valence-corrected chi connectivity index (χ2v) is 1.66. The maximum Gasteiger partial charge on any atom is 0.251 e. The SMILES string of the molecule is NNC(=O)C(N)CS. The van der Waals surface area contributed by atoms with Crippen LogP contribution in [0.4, 0.5) is 0 Å². The molecule has 0 rings (SSSR count). The van der Waals surface area contributed by atoms with Crippen molar-refractivity contribution in [1.29, 1.82) is 0 Å². The van der Waals surface area contributed by atoms with E-state index in [-0.39, 0.29) is 5.91 Å². The molecule has 0 aliphatic rings. The molecule has 0 aromatic carbocycles. The van der Waals surface area contributed by atoms with Crippen LogP contribution < -0.4 is 17.0 Å². The third-order valence-electron chi connectivity index (χ3n) is 0.676. The van der Waals surface area contributed by atoms with E-state index in [2.05, 4.69) is 12.6 Å². The third kappa shape index (κ3) is 2.15. The molecule has 0 heterocycles. The monoisotopic (exact) mass is 135 g/mol. The first-order valence-corrected chi connectivity index (χ1v) is 2.72. The van der Waals surface area contributed by atoms with Gasteiger partial charge in [-0.3, -0.25) is 10.2 Å². The Balaban J connectivity index is 3.46. The van der Waals surface area contributed by atoms with E-state index in [1.165, 1.54) is 0 Å². The lowest BCUT2D eigenvalue weighted by atomic mass is 10.3. The molecule has 4 nitrogen and oxygen atoms in total. The summed E-state index contributed by atoms with van der Waals surface area (Å²) in [7, 11) is 0. The minimum atomic E-state index is -0.594. The van der Waals surface area contributed by atoms with Crippen LogP contribution in [0.2, 0.25) is 0 Å². The summed E-state index contributed by atoms with van der Waals surface area (Å²) >= 11 is 3.77. The first-order chi connectivity index (χ1) is 3.72. The van der Waals surface area contributed by atoms with Crippen LogP contribution in [0.1, 0.15) is 0 Å². The summed E-state index contributed by atoms with van der Waals surface area (Å²) in [4.78, 5) is 10.3. The Hall–Kier alpha value is -0.260. The van der Waals surface area contributed by atoms with Crippen molar-refractivity contribution in [3.63, 3.8) is 0 Å². The summed E-state index contributed by atoms with van der Waals surface area (Å²) in [6.07, 6.45) is 0. The van der Waals surface area contributed by atoms with Crippen LogP contribution in [0.5, 0.6) is 0 Å². The lowest BCUT2D eigenvalue weighted by Crippen LogP contribution is -2.44. The van der Waals surface area contributed by atoms with Crippen LogP contribution in [-0.2, 0) is 4.79 Å². The Morgan fingerprint density at radius 1 is 1.88 bits per heavy atom. The van der Waals surface area contributed by atoms with Crippen molar-refractivity contribution in [1.82, 2.24) is 5.43 Å². The smallest absolute Gasteiger partial charge is 0.251 e. The van der Waals surface area contributed by atoms with Gasteiger partial charge in [0.15, 0.2) is 0 Å². The van der Waals surface area contributed by atoms with Crippen LogP contribution in [0, 0.1) is 0 Å². The van der Waals surface area contributed by atoms with Gasteiger partial charge in [0.2, 0.25) is 0 Å². The molecule has 1 unspecified atom stereocenters. The van der Waals surface area contributed by atoms with Crippen LogP contribution >= 0.6 is 12.6 Å². The Labute approximate surface area is 53.0 Å². The zero-order valence-electron chi connectivity index (χ0n) is 4.29. The van der Waals surface area contributed by atoms with Crippen LogP contribution in [0.25, 0.3) is 0 Å². The van der Waals surface area contributed by atoms with Crippen molar-refractivity contribution in [2.45, 2.75) is 6.04 Å². The summed E-state index contributed by atoms with van der Waals surface area (Å²) in [6, 6.07) is -0.594. The summed E-state index contributed by atoms with van der Waals surface area (Å²) in [5, 5.41) is 0. The van der Waals surface area contributed by atoms with Gasteiger partial charge in [-0.1, -0.05) is 0 Å². The molecule has 5 N–H and O–H groups in total. The number of thiol groups is 1. The Bertz CT molecular complexity index is 86.6. The van der Waals surface area contributed by atoms with E-state index >= 15 is 0 Å². The molecular weight excluding hydrogens is 126 g/mol. The van der Waals surface area contributed by atoms with Gasteiger partial charge in [-0.15, -0.1) is 0 Å². The first kappa shape index (κ1) is 7.74. The Morgan fingerprint density at radius 2 is 2.38 bits per heavy atom. The molecule has 0 aromatic rings. The van der Waals surface area contributed by atoms with Crippen molar-refractivity contribution in [2.75, 3.05) is 5.75 Å². The lowest BCUT2D eigenvalue weighted by Gasteiger charge is -2.03. The highest BCUT2D eigenvalue weighted by Crippen LogP contribution is 1.79. The summed E-state index contributed by atoms with van der Waals surface area (Å²) in [5.74, 6) is 4.65. The molecule has 1 amide bonds. The number of nitrogens with one attached hydrogen (secondary N) is 1. The average Bonchev–Trinajstić information content (AvgIpc) is 1.84. The number of carbonyl (C=O) groups excluding carboxylic acids is 1. The Morgan fingerprint density at radius 3 is 2.50 bits per heavy atom. The van der Waals surface area contributed by atoms with Crippen molar-refractivity contribution >= 4 is 18.5 Å². The first-order valence-electron chi connectivity index (χ1n) is 2.09. The molecule has 0 fully saturated rings. The van der Waals surface area contributed by atoms with Crippen LogP contribution in [0.3, 0.4) is 0 Å². The predicted octanol–water partition coefficient (Wildman–Crippen LogP) is -1.77. The molecule has 0 aliphatic heterocycles. The number of carbonyl (C=O) groups is 1. The summed E-state index contributed by atoms with van der Waals surface area (Å²) < 4.78 is 0. The summed E-state index contributed by atoms with van der Waals surface area (Å²) in [5.41, 5.74) is 7.06. The fraction of sp³-hybridized carbons (Fsp3) is 0.667. The Kier molecular flexibility index (Phi) is 3.59. The lowest BCUT2D eigenvalue weighted by molar-refractivity contribution is -0.121. The van der Waals surface area contributed by atoms with E-state index in [0.29, 0.717) is 5.75 Å². The van der Waals surface area contributed by atoms with E-state index in [1.807, 2.05) is 5.43 Å². The topological polar surface area (TPSA) is 81.1 Å². The third-order valence-corrected chi connectivity index (χ3v) is 1.07. The van der Waals surface area contributed by atoms with Gasteiger partial charge in [0.1, 0.15) is 0 Å². The summed E-state index contributed by atoms with van der Waals surface area (Å²) in [6.45, 7) is 0. The van der Waals surface area contributed by atoms with Gasteiger partial charge in [-0.05, 0) is 0 Å². The van der Waals surface area contributed by atoms with E-state index < -0.39 is 6.04 Å². The number of hydrogen-bond acceptors (Lipinski definition) is 4. The van der Waals surface area contributed by atoms with E-state index in [9.17, 15) is 4.79 Å².